The minimum atomic E-state index is -0.00392. The summed E-state index contributed by atoms with van der Waals surface area (Å²) in [6, 6.07) is 34.5. The molecule has 6 aromatic heterocycles. The van der Waals surface area contributed by atoms with E-state index in [-0.39, 0.29) is 33.4 Å². The first-order valence-corrected chi connectivity index (χ1v) is 43.7. The number of benzene rings is 6. The number of morpholine rings is 2. The van der Waals surface area contributed by atoms with Gasteiger partial charge in [-0.25, -0.2) is 29.9 Å². The van der Waals surface area contributed by atoms with E-state index in [1.165, 1.54) is 58.3 Å². The summed E-state index contributed by atoms with van der Waals surface area (Å²) in [6.07, 6.45) is 6.66. The quantitative estimate of drug-likeness (QED) is 0.0455. The first kappa shape index (κ1) is 92.5. The van der Waals surface area contributed by atoms with Crippen molar-refractivity contribution < 1.29 is 9.47 Å². The molecule has 5 N–H and O–H groups in total. The third-order valence-electron chi connectivity index (χ3n) is 23.9. The van der Waals surface area contributed by atoms with E-state index in [1.807, 2.05) is 172 Å². The van der Waals surface area contributed by atoms with Gasteiger partial charge in [-0.05, 0) is 211 Å². The van der Waals surface area contributed by atoms with E-state index >= 15 is 0 Å². The van der Waals surface area contributed by atoms with Crippen LogP contribution in [0.3, 0.4) is 0 Å². The van der Waals surface area contributed by atoms with Crippen molar-refractivity contribution >= 4 is 99.7 Å². The lowest BCUT2D eigenvalue weighted by atomic mass is 10.1. The van der Waals surface area contributed by atoms with E-state index in [2.05, 4.69) is 90.9 Å². The summed E-state index contributed by atoms with van der Waals surface area (Å²) in [5.74, 6) is 5.34. The van der Waals surface area contributed by atoms with Crippen molar-refractivity contribution in [2.45, 2.75) is 73.6 Å². The second-order valence-corrected chi connectivity index (χ2v) is 33.0. The number of aliphatic imine (C=N–C) groups is 1. The number of ether oxygens (including phenoxy) is 2. The lowest BCUT2D eigenvalue weighted by molar-refractivity contribution is 0.0398. The van der Waals surface area contributed by atoms with Crippen LogP contribution in [-0.2, 0) is 51.8 Å². The number of anilines is 5. The van der Waals surface area contributed by atoms with Crippen LogP contribution < -0.4 is 59.9 Å². The van der Waals surface area contributed by atoms with Gasteiger partial charge in [-0.2, -0.15) is 0 Å². The monoisotopic (exact) mass is 1710 g/mol. The molecule has 6 aromatic carbocycles. The highest BCUT2D eigenvalue weighted by Crippen LogP contribution is 2.23. The zero-order chi connectivity index (χ0) is 89.0. The van der Waals surface area contributed by atoms with Gasteiger partial charge in [0.2, 0.25) is 0 Å². The Morgan fingerprint density at radius 1 is 0.312 bits per heavy atom. The smallest absolute Gasteiger partial charge is 0.261 e. The largest absolute Gasteiger partial charge is 0.384 e. The van der Waals surface area contributed by atoms with E-state index in [1.54, 1.807) is 69.7 Å². The van der Waals surface area contributed by atoms with Crippen LogP contribution in [-0.4, -0.2) is 271 Å². The molecule has 0 radical (unpaired) electrons. The highest BCUT2D eigenvalue weighted by atomic mass is 16.5. The maximum atomic E-state index is 12.2. The van der Waals surface area contributed by atoms with Crippen LogP contribution in [0.4, 0.5) is 28.4 Å². The van der Waals surface area contributed by atoms with Crippen molar-refractivity contribution in [3.63, 3.8) is 0 Å². The van der Waals surface area contributed by atoms with Crippen LogP contribution >= 0.6 is 0 Å². The minimum Gasteiger partial charge on any atom is -0.384 e. The molecule has 5 aliphatic heterocycles. The molecule has 12 aromatic rings. The molecule has 0 saturated carbocycles. The predicted molar refractivity (Wildman–Crippen MR) is 506 cm³/mol. The molecular formula is C93H126N24O8. The Balaban J connectivity index is 0.000000137. The number of likely N-dealkylation sites (tertiary alicyclic amines) is 2. The van der Waals surface area contributed by atoms with Crippen molar-refractivity contribution in [1.29, 1.82) is 0 Å². The molecule has 0 unspecified atom stereocenters. The molecule has 11 heterocycles. The molecule has 0 bridgehead atoms. The van der Waals surface area contributed by atoms with Crippen LogP contribution in [0.5, 0.6) is 0 Å². The number of hydrogen-bond donors (Lipinski definition) is 5. The average molecular weight is 1710 g/mol. The summed E-state index contributed by atoms with van der Waals surface area (Å²) in [7, 11) is 16.6. The average Bonchev–Trinajstić information content (AvgIpc) is 1.64. The molecule has 0 amide bonds. The summed E-state index contributed by atoms with van der Waals surface area (Å²) >= 11 is 0. The molecule has 32 heteroatoms. The van der Waals surface area contributed by atoms with Gasteiger partial charge in [0, 0.05) is 182 Å². The maximum Gasteiger partial charge on any atom is 0.261 e. The second kappa shape index (κ2) is 43.8. The SMILES string of the molecule is Cc1nc2cc(C3=NCCN3C)ccc2c(=O)n1C.Cc1nc2cc(NCCN(C)C)ccc2c(=O)n1C.Cc1nc2cc(NCCN3CCCC3)ccc2c(=O)n1C.Cc1nc2cc(NCCN3CCCCC3)ccc2c(=O)n1C.Cc1nc2cc(NCCN3CCOCC3)ccc2c(=O)n1C.Cc1nc2cc(NCCN3CCOCC3)ccc2c(=O)n1C. The topological polar surface area (TPSA) is 320 Å². The molecule has 4 saturated heterocycles. The van der Waals surface area contributed by atoms with Gasteiger partial charge < -0.3 is 55.7 Å². The summed E-state index contributed by atoms with van der Waals surface area (Å²) in [5, 5.41) is 21.0. The number of fused-ring (bicyclic) bond motifs is 6. The number of nitrogens with one attached hydrogen (secondary N) is 5. The van der Waals surface area contributed by atoms with E-state index in [9.17, 15) is 28.8 Å². The third kappa shape index (κ3) is 24.3. The van der Waals surface area contributed by atoms with Crippen molar-refractivity contribution in [3.05, 3.63) is 212 Å². The minimum absolute atomic E-state index is 0.00217. The maximum absolute atomic E-state index is 12.2. The predicted octanol–water partition coefficient (Wildman–Crippen LogP) is 8.01. The first-order valence-electron chi connectivity index (χ1n) is 43.7. The van der Waals surface area contributed by atoms with Crippen molar-refractivity contribution in [1.82, 2.24) is 86.7 Å². The molecule has 0 atom stereocenters. The lowest BCUT2D eigenvalue weighted by Crippen LogP contribution is -2.39. The molecule has 666 valence electrons. The Kier molecular flexibility index (Phi) is 32.4. The third-order valence-corrected chi connectivity index (χ3v) is 23.9. The van der Waals surface area contributed by atoms with Crippen molar-refractivity contribution in [2.75, 3.05) is 205 Å². The van der Waals surface area contributed by atoms with Crippen molar-refractivity contribution in [2.24, 2.45) is 47.3 Å². The van der Waals surface area contributed by atoms with E-state index < -0.39 is 0 Å². The first-order chi connectivity index (χ1) is 60.2. The number of hydrogen-bond acceptors (Lipinski definition) is 26. The van der Waals surface area contributed by atoms with Gasteiger partial charge in [0.25, 0.3) is 33.4 Å². The molecule has 17 rings (SSSR count). The van der Waals surface area contributed by atoms with Crippen LogP contribution in [0.25, 0.3) is 65.4 Å². The lowest BCUT2D eigenvalue weighted by Gasteiger charge is -2.26. The van der Waals surface area contributed by atoms with E-state index in [0.29, 0.717) is 32.3 Å². The number of nitrogens with zero attached hydrogens (tertiary/aromatic N) is 19. The number of aromatic nitrogens is 12. The van der Waals surface area contributed by atoms with Gasteiger partial charge >= 0.3 is 0 Å². The van der Waals surface area contributed by atoms with E-state index in [0.717, 1.165) is 239 Å². The Hall–Kier alpha value is -11.7. The van der Waals surface area contributed by atoms with Crippen molar-refractivity contribution in [3.8, 4) is 0 Å². The molecule has 4 fully saturated rings. The van der Waals surface area contributed by atoms with Gasteiger partial charge in [0.15, 0.2) is 0 Å². The molecule has 0 aliphatic carbocycles. The fourth-order valence-electron chi connectivity index (χ4n) is 15.5. The Morgan fingerprint density at radius 2 is 0.560 bits per heavy atom. The standard InChI is InChI=1S/C17H24N4O.2C16H22N4O2.C16H22N4O.C14H16N4O.C14H20N4O/c1-13-19-16-12-14(6-7-15(16)17(22)20(13)2)18-8-11-21-9-4-3-5-10-21;2*1-12-18-15-11-13(3-4-14(15)16(21)19(12)2)17-5-6-20-7-9-22-10-8-20;1-12-18-15-11-13(5-6-14(15)16(21)19(12)2)17-7-10-20-8-3-4-9-20;1-9-16-12-8-10(13-15-6-7-17(13)2)4-5-11(12)14(19)18(9)3;1-10-16-13-9-11(15-7-8-17(2)3)5-6-12(13)14(19)18(10)4/h6-7,12,18H,3-5,8-11H2,1-2H3;2*3-4,11,17H,5-10H2,1-2H3;5-6,11,17H,3-4,7-10H2,1-2H3;4-5,8H,6-7H2,1-3H3;5-6,9,15H,7-8H2,1-4H3. The second-order valence-electron chi connectivity index (χ2n) is 33.0. The molecule has 32 nitrogen and oxygen atoms in total. The van der Waals surface area contributed by atoms with Crippen LogP contribution in [0, 0.1) is 41.5 Å². The highest BCUT2D eigenvalue weighted by Gasteiger charge is 2.20. The Bertz CT molecular complexity index is 5870. The van der Waals surface area contributed by atoms with Gasteiger partial charge in [-0.3, -0.25) is 71.0 Å². The highest BCUT2D eigenvalue weighted by molar-refractivity contribution is 6.02. The zero-order valence-electron chi connectivity index (χ0n) is 75.7. The Labute approximate surface area is 730 Å². The number of amidine groups is 1. The number of rotatable bonds is 21. The summed E-state index contributed by atoms with van der Waals surface area (Å²) in [6.45, 7) is 34.5. The van der Waals surface area contributed by atoms with Gasteiger partial charge in [0.1, 0.15) is 40.8 Å². The van der Waals surface area contributed by atoms with Gasteiger partial charge in [-0.15, -0.1) is 0 Å². The van der Waals surface area contributed by atoms with E-state index in [4.69, 9.17) is 9.47 Å². The number of aryl methyl sites for hydroxylation is 6. The fraction of sp³-hybridized carbons (Fsp3) is 0.473. The summed E-state index contributed by atoms with van der Waals surface area (Å²) in [5.41, 5.74) is 10.6. The molecule has 0 spiro atoms. The number of likely N-dealkylation sites (N-methyl/N-ethyl adjacent to an activating group) is 2. The van der Waals surface area contributed by atoms with Crippen LogP contribution in [0.15, 0.2) is 143 Å². The molecule has 5 aliphatic rings. The van der Waals surface area contributed by atoms with Crippen LogP contribution in [0.2, 0.25) is 0 Å². The van der Waals surface area contributed by atoms with Crippen LogP contribution in [0.1, 0.15) is 72.6 Å². The van der Waals surface area contributed by atoms with Gasteiger partial charge in [-0.1, -0.05) is 12.5 Å². The Morgan fingerprint density at radius 3 is 0.824 bits per heavy atom. The zero-order valence-corrected chi connectivity index (χ0v) is 75.7. The van der Waals surface area contributed by atoms with Gasteiger partial charge in [0.05, 0.1) is 98.4 Å². The summed E-state index contributed by atoms with van der Waals surface area (Å²) in [4.78, 5) is 118. The number of piperidine rings is 1. The molecular weight excluding hydrogens is 1580 g/mol. The fourth-order valence-corrected chi connectivity index (χ4v) is 15.5. The summed E-state index contributed by atoms with van der Waals surface area (Å²) < 4.78 is 20.2. The normalized spacial score (nSPS) is 15.1. The molecule has 125 heavy (non-hydrogen) atoms.